The second kappa shape index (κ2) is 6.56. The number of aromatic carboxylic acids is 1. The van der Waals surface area contributed by atoms with E-state index in [4.69, 9.17) is 19.7 Å². The first-order chi connectivity index (χ1) is 10.8. The molecule has 1 aromatic rings. The summed E-state index contributed by atoms with van der Waals surface area (Å²) >= 11 is 0. The van der Waals surface area contributed by atoms with Crippen LogP contribution in [0, 0.1) is 0 Å². The number of rotatable bonds is 4. The van der Waals surface area contributed by atoms with E-state index in [0.717, 1.165) is 12.1 Å². The van der Waals surface area contributed by atoms with Crippen LogP contribution in [-0.4, -0.2) is 79.0 Å². The van der Waals surface area contributed by atoms with Crippen LogP contribution >= 0.6 is 0 Å². The van der Waals surface area contributed by atoms with Gasteiger partial charge in [-0.15, -0.1) is 0 Å². The molecule has 2 rings (SSSR count). The van der Waals surface area contributed by atoms with Crippen LogP contribution in [0.2, 0.25) is 0 Å². The van der Waals surface area contributed by atoms with Crippen LogP contribution in [0.3, 0.4) is 0 Å². The molecule has 23 heavy (non-hydrogen) atoms. The number of benzene rings is 1. The van der Waals surface area contributed by atoms with E-state index in [-0.39, 0.29) is 0 Å². The fraction of sp³-hybridized carbons (Fsp3) is 0.462. The zero-order valence-corrected chi connectivity index (χ0v) is 11.6. The third kappa shape index (κ3) is 3.30. The number of carboxylic acids is 1. The van der Waals surface area contributed by atoms with Gasteiger partial charge in [-0.3, -0.25) is 0 Å². The largest absolute Gasteiger partial charge is 0.504 e. The van der Waals surface area contributed by atoms with Crippen molar-refractivity contribution in [2.45, 2.75) is 30.7 Å². The fourth-order valence-corrected chi connectivity index (χ4v) is 2.12. The molecule has 0 radical (unpaired) electrons. The maximum absolute atomic E-state index is 10.8. The van der Waals surface area contributed by atoms with Gasteiger partial charge in [0.1, 0.15) is 24.4 Å². The lowest BCUT2D eigenvalue weighted by atomic mass is 9.99. The zero-order chi connectivity index (χ0) is 17.3. The average Bonchev–Trinajstić information content (AvgIpc) is 2.50. The van der Waals surface area contributed by atoms with Crippen molar-refractivity contribution in [2.75, 3.05) is 6.61 Å². The van der Waals surface area contributed by atoms with Gasteiger partial charge in [-0.1, -0.05) is 0 Å². The minimum atomic E-state index is -1.74. The molecule has 0 aromatic heterocycles. The fourth-order valence-electron chi connectivity index (χ4n) is 2.12. The third-order valence-corrected chi connectivity index (χ3v) is 3.38. The molecule has 1 heterocycles. The predicted octanol–water partition coefficient (Wildman–Crippen LogP) is -2.03. The molecule has 7 N–H and O–H groups in total. The monoisotopic (exact) mass is 332 g/mol. The Morgan fingerprint density at radius 2 is 1.65 bits per heavy atom. The molecule has 1 aromatic carbocycles. The van der Waals surface area contributed by atoms with E-state index in [1.54, 1.807) is 0 Å². The third-order valence-electron chi connectivity index (χ3n) is 3.38. The standard InChI is InChI=1S/C13H16O10/c14-3-7-8(17)9(18)10(19)13(22-7)23-11-5(15)1-4(12(20)21)2-6(11)16/h1-2,7-10,13-19H,3H2,(H,20,21)/t7?,8?,9-,10-,13?/m0/s1. The van der Waals surface area contributed by atoms with E-state index in [1.165, 1.54) is 0 Å². The van der Waals surface area contributed by atoms with Crippen molar-refractivity contribution in [1.82, 2.24) is 0 Å². The van der Waals surface area contributed by atoms with Crippen molar-refractivity contribution in [3.8, 4) is 17.2 Å². The van der Waals surface area contributed by atoms with Gasteiger partial charge in [0.2, 0.25) is 12.0 Å². The second-order valence-corrected chi connectivity index (χ2v) is 4.96. The highest BCUT2D eigenvalue weighted by atomic mass is 16.7. The van der Waals surface area contributed by atoms with Crippen LogP contribution in [0.25, 0.3) is 0 Å². The summed E-state index contributed by atoms with van der Waals surface area (Å²) in [6, 6.07) is 1.61. The van der Waals surface area contributed by atoms with Crippen molar-refractivity contribution in [2.24, 2.45) is 0 Å². The first-order valence-corrected chi connectivity index (χ1v) is 6.52. The van der Waals surface area contributed by atoms with Crippen LogP contribution < -0.4 is 4.74 Å². The maximum atomic E-state index is 10.8. The van der Waals surface area contributed by atoms with Crippen molar-refractivity contribution < 1.29 is 50.0 Å². The number of phenols is 2. The van der Waals surface area contributed by atoms with E-state index in [2.05, 4.69) is 0 Å². The molecule has 10 nitrogen and oxygen atoms in total. The molecule has 128 valence electrons. The first kappa shape index (κ1) is 17.2. The minimum Gasteiger partial charge on any atom is -0.504 e. The highest BCUT2D eigenvalue weighted by Crippen LogP contribution is 2.39. The quantitative estimate of drug-likeness (QED) is 0.325. The van der Waals surface area contributed by atoms with E-state index < -0.39 is 66.1 Å². The topological polar surface area (TPSA) is 177 Å². The van der Waals surface area contributed by atoms with E-state index in [9.17, 15) is 30.3 Å². The van der Waals surface area contributed by atoms with E-state index in [0.29, 0.717) is 0 Å². The molecule has 0 bridgehead atoms. The number of hydrogen-bond acceptors (Lipinski definition) is 9. The summed E-state index contributed by atoms with van der Waals surface area (Å²) in [5, 5.41) is 66.4. The number of aliphatic hydroxyl groups is 4. The van der Waals surface area contributed by atoms with Crippen molar-refractivity contribution in [1.29, 1.82) is 0 Å². The van der Waals surface area contributed by atoms with Gasteiger partial charge in [-0.2, -0.15) is 0 Å². The molecule has 0 saturated carbocycles. The lowest BCUT2D eigenvalue weighted by molar-refractivity contribution is -0.277. The van der Waals surface area contributed by atoms with Crippen LogP contribution in [-0.2, 0) is 4.74 Å². The summed E-state index contributed by atoms with van der Waals surface area (Å²) in [5.41, 5.74) is -0.402. The first-order valence-electron chi connectivity index (χ1n) is 6.52. The van der Waals surface area contributed by atoms with Crippen LogP contribution in [0.5, 0.6) is 17.2 Å². The Bertz CT molecular complexity index is 563. The number of carbonyl (C=O) groups is 1. The lowest BCUT2D eigenvalue weighted by Gasteiger charge is -2.39. The van der Waals surface area contributed by atoms with Crippen LogP contribution in [0.15, 0.2) is 12.1 Å². The Morgan fingerprint density at radius 1 is 1.09 bits per heavy atom. The maximum Gasteiger partial charge on any atom is 0.335 e. The summed E-state index contributed by atoms with van der Waals surface area (Å²) in [6.07, 6.45) is -7.90. The molecule has 10 heteroatoms. The van der Waals surface area contributed by atoms with Crippen molar-refractivity contribution >= 4 is 5.97 Å². The van der Waals surface area contributed by atoms with Gasteiger partial charge in [0.05, 0.1) is 12.2 Å². The van der Waals surface area contributed by atoms with Gasteiger partial charge in [0, 0.05) is 0 Å². The van der Waals surface area contributed by atoms with Gasteiger partial charge >= 0.3 is 5.97 Å². The molecule has 1 aliphatic heterocycles. The molecule has 0 amide bonds. The molecule has 3 unspecified atom stereocenters. The number of ether oxygens (including phenoxy) is 2. The van der Waals surface area contributed by atoms with Crippen molar-refractivity contribution in [3.63, 3.8) is 0 Å². The molecule has 0 aliphatic carbocycles. The summed E-state index contributed by atoms with van der Waals surface area (Å²) in [7, 11) is 0. The van der Waals surface area contributed by atoms with Gasteiger partial charge in [-0.25, -0.2) is 4.79 Å². The Morgan fingerprint density at radius 3 is 2.13 bits per heavy atom. The number of aromatic hydroxyl groups is 2. The Labute approximate surface area is 129 Å². The summed E-state index contributed by atoms with van der Waals surface area (Å²) < 4.78 is 10.1. The van der Waals surface area contributed by atoms with Gasteiger partial charge < -0.3 is 45.2 Å². The molecule has 1 aliphatic rings. The smallest absolute Gasteiger partial charge is 0.335 e. The van der Waals surface area contributed by atoms with Crippen molar-refractivity contribution in [3.05, 3.63) is 17.7 Å². The second-order valence-electron chi connectivity index (χ2n) is 4.96. The molecule has 1 saturated heterocycles. The highest BCUT2D eigenvalue weighted by Gasteiger charge is 2.45. The number of hydrogen-bond donors (Lipinski definition) is 7. The van der Waals surface area contributed by atoms with Gasteiger partial charge in [0.25, 0.3) is 0 Å². The van der Waals surface area contributed by atoms with E-state index >= 15 is 0 Å². The number of phenolic OH excluding ortho intramolecular Hbond substituents is 2. The molecule has 0 spiro atoms. The van der Waals surface area contributed by atoms with Crippen LogP contribution in [0.1, 0.15) is 10.4 Å². The normalized spacial score (nSPS) is 30.9. The summed E-state index contributed by atoms with van der Waals surface area (Å²) in [5.74, 6) is -3.45. The van der Waals surface area contributed by atoms with Gasteiger partial charge in [-0.05, 0) is 12.1 Å². The molecule has 1 fully saturated rings. The molecular weight excluding hydrogens is 316 g/mol. The average molecular weight is 332 g/mol. The van der Waals surface area contributed by atoms with E-state index in [1.807, 2.05) is 0 Å². The van der Waals surface area contributed by atoms with Crippen LogP contribution in [0.4, 0.5) is 0 Å². The Kier molecular flexibility index (Phi) is 4.92. The van der Waals surface area contributed by atoms with Gasteiger partial charge in [0.15, 0.2) is 11.5 Å². The highest BCUT2D eigenvalue weighted by molar-refractivity contribution is 5.89. The predicted molar refractivity (Wildman–Crippen MR) is 71.1 cm³/mol. The Balaban J connectivity index is 2.26. The molecule has 5 atom stereocenters. The number of carboxylic acid groups (broad SMARTS) is 1. The minimum absolute atomic E-state index is 0.402. The Hall–Kier alpha value is -2.11. The summed E-state index contributed by atoms with van der Waals surface area (Å²) in [4.78, 5) is 10.8. The summed E-state index contributed by atoms with van der Waals surface area (Å²) in [6.45, 7) is -0.680. The zero-order valence-electron chi connectivity index (χ0n) is 11.6. The molecular formula is C13H16O10. The number of aliphatic hydroxyl groups excluding tert-OH is 4. The SMILES string of the molecule is O=C(O)c1cc(O)c(OC2OC(CO)C(O)[C@H](O)[C@@H]2O)c(O)c1. The lowest BCUT2D eigenvalue weighted by Crippen LogP contribution is -2.60.